The van der Waals surface area contributed by atoms with Crippen LogP contribution >= 0.6 is 0 Å². The van der Waals surface area contributed by atoms with Crippen LogP contribution in [0.3, 0.4) is 0 Å². The van der Waals surface area contributed by atoms with Gasteiger partial charge in [-0.2, -0.15) is 0 Å². The van der Waals surface area contributed by atoms with Crippen LogP contribution in [0.1, 0.15) is 174 Å². The van der Waals surface area contributed by atoms with Crippen molar-refractivity contribution in [2.24, 2.45) is 0 Å². The SMILES string of the molecule is CCCCCC/C=C\C/C=C\CCCCCCCC(=O)NC(COC1OC(CO)C(OC2OC(CO)C(OC3OC(CO)C(O)C(O)C3O)C(O)C2O)C(O)C1O)C(O)/C=C/CC/C=C/CCCCCCCCCCC. The summed E-state index contributed by atoms with van der Waals surface area (Å²) >= 11 is 0. The molecular formula is C57H101NO18. The fourth-order valence-corrected chi connectivity index (χ4v) is 9.53. The molecule has 0 aliphatic carbocycles. The maximum Gasteiger partial charge on any atom is 0.220 e. The van der Waals surface area contributed by atoms with E-state index in [2.05, 4.69) is 55.6 Å². The van der Waals surface area contributed by atoms with Gasteiger partial charge in [0, 0.05) is 6.42 Å². The fraction of sp³-hybridized carbons (Fsp3) is 0.842. The summed E-state index contributed by atoms with van der Waals surface area (Å²) in [5.41, 5.74) is 0. The number of hydrogen-bond acceptors (Lipinski definition) is 18. The molecule has 19 nitrogen and oxygen atoms in total. The van der Waals surface area contributed by atoms with Gasteiger partial charge in [0.1, 0.15) is 73.2 Å². The second kappa shape index (κ2) is 40.9. The summed E-state index contributed by atoms with van der Waals surface area (Å²) in [5, 5.41) is 120. The molecule has 1 amide bonds. The lowest BCUT2D eigenvalue weighted by molar-refractivity contribution is -0.379. The standard InChI is InChI=1S/C57H101NO18/c1-3-5-7-9-11-13-15-17-19-21-23-25-27-29-31-33-35-45(63)58-40(41(62)34-32-30-28-26-24-22-20-18-16-14-12-10-8-6-4-2)39-71-55-51(69)48(66)53(43(37-60)73-55)76-57-52(70)49(67)54(44(38-61)74-57)75-56-50(68)47(65)46(64)42(36-59)72-56/h13,15,19,21,24,26,32,34,40-44,46-57,59-62,64-70H,3-12,14,16-18,20,22-23,25,27-31,33,35-39H2,1-2H3,(H,58,63)/b15-13-,21-19-,26-24+,34-32+. The molecule has 19 heteroatoms. The number of carbonyl (C=O) groups is 1. The number of nitrogens with one attached hydrogen (secondary N) is 1. The van der Waals surface area contributed by atoms with Gasteiger partial charge in [-0.25, -0.2) is 0 Å². The average molecular weight is 1090 g/mol. The maximum atomic E-state index is 13.3. The highest BCUT2D eigenvalue weighted by atomic mass is 16.8. The van der Waals surface area contributed by atoms with Crippen molar-refractivity contribution < 1.29 is 89.4 Å². The predicted molar refractivity (Wildman–Crippen MR) is 286 cm³/mol. The lowest BCUT2D eigenvalue weighted by Crippen LogP contribution is -2.66. The van der Waals surface area contributed by atoms with Crippen molar-refractivity contribution >= 4 is 5.91 Å². The zero-order valence-corrected chi connectivity index (χ0v) is 45.7. The number of amides is 1. The van der Waals surface area contributed by atoms with Crippen molar-refractivity contribution in [3.63, 3.8) is 0 Å². The van der Waals surface area contributed by atoms with Crippen LogP contribution in [0.25, 0.3) is 0 Å². The number of unbranched alkanes of at least 4 members (excludes halogenated alkanes) is 19. The van der Waals surface area contributed by atoms with Crippen molar-refractivity contribution in [3.05, 3.63) is 48.6 Å². The van der Waals surface area contributed by atoms with Crippen LogP contribution in [-0.4, -0.2) is 193 Å². The number of aliphatic hydroxyl groups is 11. The molecule has 3 aliphatic rings. The molecule has 0 aromatic rings. The van der Waals surface area contributed by atoms with Gasteiger partial charge >= 0.3 is 0 Å². The lowest BCUT2D eigenvalue weighted by Gasteiger charge is -2.48. The number of rotatable bonds is 41. The minimum atomic E-state index is -1.98. The third kappa shape index (κ3) is 25.0. The molecule has 0 radical (unpaired) electrons. The minimum absolute atomic E-state index is 0.218. The summed E-state index contributed by atoms with van der Waals surface area (Å²) in [7, 11) is 0. The summed E-state index contributed by atoms with van der Waals surface area (Å²) in [4.78, 5) is 13.3. The van der Waals surface area contributed by atoms with E-state index in [4.69, 9.17) is 28.4 Å². The Morgan fingerprint density at radius 1 is 0.474 bits per heavy atom. The predicted octanol–water partition coefficient (Wildman–Crippen LogP) is 4.31. The molecule has 17 unspecified atom stereocenters. The number of hydrogen-bond donors (Lipinski definition) is 12. The first-order chi connectivity index (χ1) is 36.8. The van der Waals surface area contributed by atoms with E-state index in [9.17, 15) is 61.0 Å². The number of allylic oxidation sites excluding steroid dienone is 7. The first-order valence-electron chi connectivity index (χ1n) is 28.9. The van der Waals surface area contributed by atoms with Crippen LogP contribution in [0.15, 0.2) is 48.6 Å². The lowest BCUT2D eigenvalue weighted by atomic mass is 9.96. The molecular weight excluding hydrogens is 987 g/mol. The van der Waals surface area contributed by atoms with E-state index in [0.29, 0.717) is 12.8 Å². The number of ether oxygens (including phenoxy) is 6. The van der Waals surface area contributed by atoms with Gasteiger partial charge in [-0.05, 0) is 64.2 Å². The Hall–Kier alpha value is -2.25. The second-order valence-electron chi connectivity index (χ2n) is 20.7. The van der Waals surface area contributed by atoms with E-state index < -0.39 is 124 Å². The van der Waals surface area contributed by atoms with Gasteiger partial charge in [0.15, 0.2) is 18.9 Å². The minimum Gasteiger partial charge on any atom is -0.394 e. The fourth-order valence-electron chi connectivity index (χ4n) is 9.53. The van der Waals surface area contributed by atoms with Gasteiger partial charge in [-0.3, -0.25) is 4.79 Å². The molecule has 12 N–H and O–H groups in total. The van der Waals surface area contributed by atoms with E-state index in [1.807, 2.05) is 6.08 Å². The van der Waals surface area contributed by atoms with Crippen molar-refractivity contribution in [1.82, 2.24) is 5.32 Å². The molecule has 3 heterocycles. The first-order valence-corrected chi connectivity index (χ1v) is 28.9. The molecule has 0 saturated carbocycles. The molecule has 3 rings (SSSR count). The average Bonchev–Trinajstić information content (AvgIpc) is 3.41. The van der Waals surface area contributed by atoms with Crippen LogP contribution in [0, 0.1) is 0 Å². The van der Waals surface area contributed by atoms with E-state index in [-0.39, 0.29) is 18.9 Å². The highest BCUT2D eigenvalue weighted by Gasteiger charge is 2.53. The molecule has 3 saturated heterocycles. The molecule has 0 aromatic carbocycles. The topological polar surface area (TPSA) is 307 Å². The Morgan fingerprint density at radius 2 is 0.882 bits per heavy atom. The van der Waals surface area contributed by atoms with E-state index >= 15 is 0 Å². The molecule has 0 bridgehead atoms. The largest absolute Gasteiger partial charge is 0.394 e. The van der Waals surface area contributed by atoms with Crippen LogP contribution in [0.5, 0.6) is 0 Å². The molecule has 3 fully saturated rings. The maximum absolute atomic E-state index is 13.3. The van der Waals surface area contributed by atoms with Crippen molar-refractivity contribution in [1.29, 1.82) is 0 Å². The Morgan fingerprint density at radius 3 is 1.41 bits per heavy atom. The van der Waals surface area contributed by atoms with Gasteiger partial charge in [0.2, 0.25) is 5.91 Å². The highest BCUT2D eigenvalue weighted by molar-refractivity contribution is 5.76. The quantitative estimate of drug-likeness (QED) is 0.0300. The monoisotopic (exact) mass is 1090 g/mol. The van der Waals surface area contributed by atoms with Gasteiger partial charge in [0.05, 0.1) is 38.6 Å². The highest BCUT2D eigenvalue weighted by Crippen LogP contribution is 2.33. The van der Waals surface area contributed by atoms with Gasteiger partial charge in [-0.15, -0.1) is 0 Å². The van der Waals surface area contributed by atoms with Crippen LogP contribution in [-0.2, 0) is 33.2 Å². The normalized spacial score (nSPS) is 31.3. The molecule has 3 aliphatic heterocycles. The Kier molecular flexibility index (Phi) is 36.6. The Bertz CT molecular complexity index is 1580. The van der Waals surface area contributed by atoms with E-state index in [1.165, 1.54) is 77.0 Å². The number of carbonyl (C=O) groups excluding carboxylic acids is 1. The van der Waals surface area contributed by atoms with Gasteiger partial charge in [0.25, 0.3) is 0 Å². The molecule has 17 atom stereocenters. The van der Waals surface area contributed by atoms with Crippen LogP contribution < -0.4 is 5.32 Å². The molecule has 0 aromatic heterocycles. The summed E-state index contributed by atoms with van der Waals surface area (Å²) in [6, 6.07) is -0.996. The van der Waals surface area contributed by atoms with Gasteiger partial charge < -0.3 is 89.9 Å². The molecule has 0 spiro atoms. The third-order valence-corrected chi connectivity index (χ3v) is 14.3. The zero-order chi connectivity index (χ0) is 55.5. The molecule has 442 valence electrons. The first kappa shape index (κ1) is 68.0. The molecule has 76 heavy (non-hydrogen) atoms. The van der Waals surface area contributed by atoms with Crippen molar-refractivity contribution in [3.8, 4) is 0 Å². The summed E-state index contributed by atoms with van der Waals surface area (Å²) < 4.78 is 34.2. The van der Waals surface area contributed by atoms with Crippen molar-refractivity contribution in [2.45, 2.75) is 279 Å². The summed E-state index contributed by atoms with van der Waals surface area (Å²) in [5.74, 6) is -0.302. The summed E-state index contributed by atoms with van der Waals surface area (Å²) in [6.45, 7) is 1.64. The third-order valence-electron chi connectivity index (χ3n) is 14.3. The smallest absolute Gasteiger partial charge is 0.220 e. The van der Waals surface area contributed by atoms with Crippen LogP contribution in [0.4, 0.5) is 0 Å². The van der Waals surface area contributed by atoms with E-state index in [1.54, 1.807) is 6.08 Å². The van der Waals surface area contributed by atoms with Crippen LogP contribution in [0.2, 0.25) is 0 Å². The van der Waals surface area contributed by atoms with Gasteiger partial charge in [-0.1, -0.05) is 152 Å². The number of aliphatic hydroxyl groups excluding tert-OH is 11. The Balaban J connectivity index is 1.54. The van der Waals surface area contributed by atoms with Crippen molar-refractivity contribution in [2.75, 3.05) is 26.4 Å². The zero-order valence-electron chi connectivity index (χ0n) is 45.7. The second-order valence-corrected chi connectivity index (χ2v) is 20.7. The Labute approximate surface area is 453 Å². The summed E-state index contributed by atoms with van der Waals surface area (Å²) in [6.07, 6.45) is 16.7. The van der Waals surface area contributed by atoms with E-state index in [0.717, 1.165) is 64.2 Å².